The number of aryl methyl sites for hydroxylation is 1. The molecule has 0 atom stereocenters. The van der Waals surface area contributed by atoms with Crippen molar-refractivity contribution >= 4 is 17.2 Å². The molecule has 1 N–H and O–H groups in total. The summed E-state index contributed by atoms with van der Waals surface area (Å²) in [5.41, 5.74) is 1.58. The van der Waals surface area contributed by atoms with Crippen LogP contribution in [-0.2, 0) is 13.0 Å². The van der Waals surface area contributed by atoms with Crippen LogP contribution in [0.3, 0.4) is 0 Å². The highest BCUT2D eigenvalue weighted by atomic mass is 32.1. The lowest BCUT2D eigenvalue weighted by molar-refractivity contribution is -0.0230. The number of hydrogen-bond donors (Lipinski definition) is 1. The number of alkyl halides is 2. The number of thiazole rings is 1. The number of aromatic nitrogens is 2. The minimum absolute atomic E-state index is 0.179. The van der Waals surface area contributed by atoms with E-state index in [9.17, 15) is 13.6 Å². The van der Waals surface area contributed by atoms with Crippen molar-refractivity contribution in [3.05, 3.63) is 28.4 Å². The largest absolute Gasteiger partial charge is 0.464 e. The molecule has 2 aliphatic rings. The average Bonchev–Trinajstić information content (AvgIpc) is 3.36. The van der Waals surface area contributed by atoms with Crippen LogP contribution in [0.2, 0.25) is 0 Å². The lowest BCUT2D eigenvalue weighted by Crippen LogP contribution is -2.38. The Kier molecular flexibility index (Phi) is 7.09. The molecule has 1 amide bonds. The highest BCUT2D eigenvalue weighted by molar-refractivity contribution is 7.13. The molecule has 0 bridgehead atoms. The monoisotopic (exact) mass is 468 g/mol. The van der Waals surface area contributed by atoms with E-state index < -0.39 is 12.5 Å². The molecular weight excluding hydrogens is 438 g/mol. The van der Waals surface area contributed by atoms with E-state index in [0.29, 0.717) is 22.6 Å². The quantitative estimate of drug-likeness (QED) is 0.625. The van der Waals surface area contributed by atoms with Crippen molar-refractivity contribution in [3.63, 3.8) is 0 Å². The third-order valence-electron chi connectivity index (χ3n) is 6.22. The third kappa shape index (κ3) is 6.04. The Morgan fingerprint density at radius 2 is 2.16 bits per heavy atom. The van der Waals surface area contributed by atoms with Crippen LogP contribution in [0.4, 0.5) is 8.78 Å². The summed E-state index contributed by atoms with van der Waals surface area (Å²) in [4.78, 5) is 24.2. The summed E-state index contributed by atoms with van der Waals surface area (Å²) >= 11 is 1.39. The molecule has 10 heteroatoms. The zero-order valence-electron chi connectivity index (χ0n) is 18.5. The summed E-state index contributed by atoms with van der Waals surface area (Å²) < 4.78 is 36.4. The van der Waals surface area contributed by atoms with Gasteiger partial charge in [0.15, 0.2) is 13.0 Å². The maximum atomic E-state index is 13.0. The first-order chi connectivity index (χ1) is 15.3. The summed E-state index contributed by atoms with van der Waals surface area (Å²) in [5, 5.41) is 3.42. The van der Waals surface area contributed by atoms with Crippen LogP contribution in [0.25, 0.3) is 0 Å². The SMILES string of the molecule is Cc1ncoc1C(=O)N[C@H]1CC[C@H](CCN2CCc3sc(OCC(C)(F)F)nc3C2)CC1. The Bertz CT molecular complexity index is 919. The predicted octanol–water partition coefficient (Wildman–Crippen LogP) is 4.21. The number of carbonyl (C=O) groups excluding carboxylic acids is 1. The molecule has 1 fully saturated rings. The molecule has 0 saturated heterocycles. The van der Waals surface area contributed by atoms with Gasteiger partial charge in [0.1, 0.15) is 0 Å². The van der Waals surface area contributed by atoms with Gasteiger partial charge in [0.05, 0.1) is 11.4 Å². The molecule has 1 saturated carbocycles. The highest BCUT2D eigenvalue weighted by Gasteiger charge is 2.27. The molecule has 1 aliphatic heterocycles. The smallest absolute Gasteiger partial charge is 0.289 e. The third-order valence-corrected chi connectivity index (χ3v) is 7.29. The van der Waals surface area contributed by atoms with Gasteiger partial charge in [-0.1, -0.05) is 11.3 Å². The lowest BCUT2D eigenvalue weighted by atomic mass is 9.84. The van der Waals surface area contributed by atoms with Crippen LogP contribution in [0.15, 0.2) is 10.8 Å². The molecule has 0 radical (unpaired) electrons. The zero-order chi connectivity index (χ0) is 22.7. The summed E-state index contributed by atoms with van der Waals surface area (Å²) in [6.45, 7) is 4.69. The Morgan fingerprint density at radius 1 is 1.38 bits per heavy atom. The number of rotatable bonds is 8. The molecule has 3 heterocycles. The molecule has 4 rings (SSSR count). The van der Waals surface area contributed by atoms with Gasteiger partial charge in [0.2, 0.25) is 5.76 Å². The summed E-state index contributed by atoms with van der Waals surface area (Å²) in [6.07, 6.45) is 7.45. The number of nitrogens with zero attached hydrogens (tertiary/aromatic N) is 3. The van der Waals surface area contributed by atoms with Gasteiger partial charge in [-0.25, -0.2) is 18.7 Å². The van der Waals surface area contributed by atoms with Crippen molar-refractivity contribution in [3.8, 4) is 5.19 Å². The van der Waals surface area contributed by atoms with Crippen LogP contribution < -0.4 is 10.1 Å². The number of halogens is 2. The fourth-order valence-electron chi connectivity index (χ4n) is 4.40. The van der Waals surface area contributed by atoms with Crippen molar-refractivity contribution in [2.45, 2.75) is 70.9 Å². The number of fused-ring (bicyclic) bond motifs is 1. The van der Waals surface area contributed by atoms with Crippen molar-refractivity contribution < 1.29 is 22.7 Å². The van der Waals surface area contributed by atoms with E-state index in [2.05, 4.69) is 20.2 Å². The van der Waals surface area contributed by atoms with Crippen LogP contribution in [0.5, 0.6) is 5.19 Å². The van der Waals surface area contributed by atoms with Crippen LogP contribution >= 0.6 is 11.3 Å². The summed E-state index contributed by atoms with van der Waals surface area (Å²) in [7, 11) is 0. The molecule has 0 spiro atoms. The molecule has 2 aromatic heterocycles. The second-order valence-electron chi connectivity index (χ2n) is 8.98. The van der Waals surface area contributed by atoms with Gasteiger partial charge < -0.3 is 14.5 Å². The molecule has 7 nitrogen and oxygen atoms in total. The highest BCUT2D eigenvalue weighted by Crippen LogP contribution is 2.32. The summed E-state index contributed by atoms with van der Waals surface area (Å²) in [6, 6.07) is 0.185. The van der Waals surface area contributed by atoms with Gasteiger partial charge in [-0.2, -0.15) is 0 Å². The first kappa shape index (κ1) is 23.1. The first-order valence-corrected chi connectivity index (χ1v) is 12.0. The first-order valence-electron chi connectivity index (χ1n) is 11.2. The van der Waals surface area contributed by atoms with Gasteiger partial charge in [0.25, 0.3) is 17.0 Å². The minimum Gasteiger partial charge on any atom is -0.464 e. The fraction of sp³-hybridized carbons (Fsp3) is 0.682. The van der Waals surface area contributed by atoms with E-state index in [1.165, 1.54) is 17.7 Å². The maximum absolute atomic E-state index is 13.0. The van der Waals surface area contributed by atoms with E-state index >= 15 is 0 Å². The molecular formula is C22H30F2N4O3S. The van der Waals surface area contributed by atoms with Crippen molar-refractivity contribution in [2.75, 3.05) is 19.7 Å². The second-order valence-corrected chi connectivity index (χ2v) is 10.0. The Balaban J connectivity index is 1.18. The summed E-state index contributed by atoms with van der Waals surface area (Å²) in [5.74, 6) is -2.08. The Hall–Kier alpha value is -2.07. The molecule has 0 aromatic carbocycles. The van der Waals surface area contributed by atoms with Gasteiger partial charge >= 0.3 is 0 Å². The van der Waals surface area contributed by atoms with Crippen molar-refractivity contribution in [1.29, 1.82) is 0 Å². The predicted molar refractivity (Wildman–Crippen MR) is 116 cm³/mol. The zero-order valence-corrected chi connectivity index (χ0v) is 19.4. The van der Waals surface area contributed by atoms with E-state index in [0.717, 1.165) is 75.7 Å². The van der Waals surface area contributed by atoms with E-state index in [-0.39, 0.29) is 11.9 Å². The van der Waals surface area contributed by atoms with Crippen LogP contribution in [0.1, 0.15) is 65.8 Å². The number of carbonyl (C=O) groups is 1. The van der Waals surface area contributed by atoms with Gasteiger partial charge in [0, 0.05) is 30.9 Å². The number of nitrogens with one attached hydrogen (secondary N) is 1. The van der Waals surface area contributed by atoms with Gasteiger partial charge in [-0.3, -0.25) is 9.69 Å². The van der Waals surface area contributed by atoms with E-state index in [4.69, 9.17) is 9.15 Å². The average molecular weight is 469 g/mol. The number of ether oxygens (including phenoxy) is 1. The van der Waals surface area contributed by atoms with E-state index in [1.807, 2.05) is 0 Å². The molecule has 32 heavy (non-hydrogen) atoms. The van der Waals surface area contributed by atoms with Gasteiger partial charge in [-0.05, 0) is 57.9 Å². The number of oxazole rings is 1. The second kappa shape index (κ2) is 9.82. The Morgan fingerprint density at radius 3 is 2.84 bits per heavy atom. The van der Waals surface area contributed by atoms with Crippen LogP contribution in [0, 0.1) is 12.8 Å². The van der Waals surface area contributed by atoms with E-state index in [1.54, 1.807) is 6.92 Å². The minimum atomic E-state index is -2.85. The Labute approximate surface area is 190 Å². The van der Waals surface area contributed by atoms with Gasteiger partial charge in [-0.15, -0.1) is 0 Å². The molecule has 2 aromatic rings. The molecule has 0 unspecified atom stereocenters. The number of amides is 1. The lowest BCUT2D eigenvalue weighted by Gasteiger charge is -2.31. The molecule has 1 aliphatic carbocycles. The molecule has 176 valence electrons. The topological polar surface area (TPSA) is 80.5 Å². The van der Waals surface area contributed by atoms with Crippen LogP contribution in [-0.4, -0.2) is 52.4 Å². The normalized spacial score (nSPS) is 21.9. The fourth-order valence-corrected chi connectivity index (χ4v) is 5.31. The number of hydrogen-bond acceptors (Lipinski definition) is 7. The van der Waals surface area contributed by atoms with Crippen molar-refractivity contribution in [1.82, 2.24) is 20.2 Å². The standard InChI is InChI=1S/C22H30F2N4O3S/c1-14-19(31-13-25-14)20(29)26-16-5-3-15(4-6-16)7-9-28-10-8-18-17(11-28)27-21(32-18)30-12-22(2,23)24/h13,15-16H,3-12H2,1-2H3,(H,26,29)/t15-,16-. The van der Waals surface area contributed by atoms with Crippen molar-refractivity contribution in [2.24, 2.45) is 5.92 Å². The maximum Gasteiger partial charge on any atom is 0.289 e.